The molecule has 0 saturated heterocycles. The predicted octanol–water partition coefficient (Wildman–Crippen LogP) is 17.7. The maximum absolute atomic E-state index is 12.8. The Labute approximate surface area is 412 Å². The maximum Gasteiger partial charge on any atom is 0.306 e. The number of ether oxygens (including phenoxy) is 2. The molecule has 1 unspecified atom stereocenters. The Bertz CT molecular complexity index is 1020. The second-order valence-corrected chi connectivity index (χ2v) is 22.8. The fraction of sp³-hybridized carbons (Fsp3) is 0.982. The number of hydrogen-bond donors (Lipinski definition) is 0. The van der Waals surface area contributed by atoms with Gasteiger partial charge in [-0.2, -0.15) is 0 Å². The molecule has 0 bridgehead atoms. The first-order valence-corrected chi connectivity index (χ1v) is 30.7. The standard InChI is InChI=1S/C57H116NO7P/c1-6-8-10-12-14-16-18-20-22-24-26-28-29-30-31-32-34-36-38-40-42-44-46-48-50-57(59)65-56(55-64-66(60,61)63-53-51-58(3,4)5)54-62-52-49-47-45-43-41-39-37-35-33-27-25-23-21-19-17-15-13-11-9-7-2/h56H,6-55H2,1-5H3/t56-/m1/s1. The van der Waals surface area contributed by atoms with Crippen LogP contribution in [0.25, 0.3) is 0 Å². The minimum atomic E-state index is -4.53. The number of carbonyl (C=O) groups is 1. The Morgan fingerprint density at radius 2 is 0.697 bits per heavy atom. The summed E-state index contributed by atoms with van der Waals surface area (Å²) >= 11 is 0. The highest BCUT2D eigenvalue weighted by Crippen LogP contribution is 2.38. The Balaban J connectivity index is 4.00. The number of unbranched alkanes of at least 4 members (excludes halogenated alkanes) is 42. The van der Waals surface area contributed by atoms with Crippen molar-refractivity contribution in [2.75, 3.05) is 54.1 Å². The van der Waals surface area contributed by atoms with E-state index in [1.54, 1.807) is 0 Å². The van der Waals surface area contributed by atoms with E-state index in [0.29, 0.717) is 24.1 Å². The Hall–Kier alpha value is -0.500. The van der Waals surface area contributed by atoms with Crippen LogP contribution >= 0.6 is 7.82 Å². The number of likely N-dealkylation sites (N-methyl/N-ethyl adjacent to an activating group) is 1. The number of carbonyl (C=O) groups excluding carboxylic acids is 1. The highest BCUT2D eigenvalue weighted by molar-refractivity contribution is 7.45. The number of phosphoric acid groups is 1. The van der Waals surface area contributed by atoms with Gasteiger partial charge in [0.2, 0.25) is 0 Å². The van der Waals surface area contributed by atoms with Gasteiger partial charge in [-0.05, 0) is 12.8 Å². The normalized spacial score (nSPS) is 13.4. The van der Waals surface area contributed by atoms with Crippen LogP contribution in [0.15, 0.2) is 0 Å². The summed E-state index contributed by atoms with van der Waals surface area (Å²) in [6.07, 6.45) is 58.6. The smallest absolute Gasteiger partial charge is 0.306 e. The van der Waals surface area contributed by atoms with E-state index in [0.717, 1.165) is 32.1 Å². The SMILES string of the molecule is CCCCCCCCCCCCCCCCCCCCCCCCCCC(=O)O[C@H](COCCCCCCCCCCCCCCCCCCCCCC)COP(=O)([O-])OCC[N+](C)(C)C. The summed E-state index contributed by atoms with van der Waals surface area (Å²) in [5, 5.41) is 0. The van der Waals surface area contributed by atoms with Crippen LogP contribution < -0.4 is 4.89 Å². The molecule has 0 saturated carbocycles. The fourth-order valence-corrected chi connectivity index (χ4v) is 9.63. The molecule has 0 heterocycles. The average molecular weight is 959 g/mol. The van der Waals surface area contributed by atoms with Crippen LogP contribution in [-0.4, -0.2) is 70.7 Å². The second-order valence-electron chi connectivity index (χ2n) is 21.4. The molecule has 8 nitrogen and oxygen atoms in total. The first-order chi connectivity index (χ1) is 32.1. The molecule has 66 heavy (non-hydrogen) atoms. The summed E-state index contributed by atoms with van der Waals surface area (Å²) in [5.41, 5.74) is 0. The van der Waals surface area contributed by atoms with E-state index in [1.165, 1.54) is 250 Å². The number of nitrogens with zero attached hydrogens (tertiary/aromatic N) is 1. The van der Waals surface area contributed by atoms with Crippen molar-refractivity contribution in [2.24, 2.45) is 0 Å². The molecule has 2 atom stereocenters. The number of rotatable bonds is 56. The van der Waals surface area contributed by atoms with Gasteiger partial charge in [0.25, 0.3) is 7.82 Å². The molecule has 0 aliphatic carbocycles. The quantitative estimate of drug-likeness (QED) is 0.0259. The van der Waals surface area contributed by atoms with E-state index in [9.17, 15) is 14.3 Å². The zero-order valence-electron chi connectivity index (χ0n) is 45.2. The van der Waals surface area contributed by atoms with Gasteiger partial charge in [-0.15, -0.1) is 0 Å². The summed E-state index contributed by atoms with van der Waals surface area (Å²) in [4.78, 5) is 25.3. The molecule has 0 spiro atoms. The third-order valence-corrected chi connectivity index (χ3v) is 14.4. The molecule has 0 fully saturated rings. The largest absolute Gasteiger partial charge is 0.756 e. The minimum Gasteiger partial charge on any atom is -0.756 e. The third kappa shape index (κ3) is 54.4. The van der Waals surface area contributed by atoms with E-state index in [-0.39, 0.29) is 25.8 Å². The van der Waals surface area contributed by atoms with Gasteiger partial charge >= 0.3 is 5.97 Å². The van der Waals surface area contributed by atoms with Crippen molar-refractivity contribution >= 4 is 13.8 Å². The lowest BCUT2D eigenvalue weighted by atomic mass is 10.0. The summed E-state index contributed by atoms with van der Waals surface area (Å²) < 4.78 is 34.9. The van der Waals surface area contributed by atoms with Crippen LogP contribution in [0.4, 0.5) is 0 Å². The van der Waals surface area contributed by atoms with Crippen LogP contribution in [0.3, 0.4) is 0 Å². The van der Waals surface area contributed by atoms with Gasteiger partial charge in [-0.1, -0.05) is 284 Å². The molecule has 396 valence electrons. The van der Waals surface area contributed by atoms with Gasteiger partial charge < -0.3 is 27.9 Å². The first-order valence-electron chi connectivity index (χ1n) is 29.3. The summed E-state index contributed by atoms with van der Waals surface area (Å²) in [6.45, 7) is 5.51. The summed E-state index contributed by atoms with van der Waals surface area (Å²) in [6, 6.07) is 0. The van der Waals surface area contributed by atoms with Gasteiger partial charge in [0.05, 0.1) is 34.4 Å². The van der Waals surface area contributed by atoms with Gasteiger partial charge in [0.15, 0.2) is 0 Å². The number of hydrogen-bond acceptors (Lipinski definition) is 7. The van der Waals surface area contributed by atoms with Crippen molar-refractivity contribution in [1.82, 2.24) is 0 Å². The van der Waals surface area contributed by atoms with E-state index < -0.39 is 13.9 Å². The lowest BCUT2D eigenvalue weighted by Crippen LogP contribution is -2.37. The summed E-state index contributed by atoms with van der Waals surface area (Å²) in [7, 11) is 1.38. The topological polar surface area (TPSA) is 94.1 Å². The molecular weight excluding hydrogens is 842 g/mol. The highest BCUT2D eigenvalue weighted by Gasteiger charge is 2.20. The van der Waals surface area contributed by atoms with E-state index in [4.69, 9.17) is 18.5 Å². The van der Waals surface area contributed by atoms with E-state index in [1.807, 2.05) is 21.1 Å². The van der Waals surface area contributed by atoms with Crippen LogP contribution in [0.1, 0.15) is 303 Å². The van der Waals surface area contributed by atoms with Gasteiger partial charge in [0, 0.05) is 13.0 Å². The molecule has 0 aromatic heterocycles. The summed E-state index contributed by atoms with van der Waals surface area (Å²) in [5.74, 6) is -0.323. The zero-order chi connectivity index (χ0) is 48.3. The van der Waals surface area contributed by atoms with Crippen molar-refractivity contribution in [2.45, 2.75) is 309 Å². The molecule has 0 rings (SSSR count). The third-order valence-electron chi connectivity index (χ3n) is 13.4. The minimum absolute atomic E-state index is 0.0320. The number of esters is 1. The highest BCUT2D eigenvalue weighted by atomic mass is 31.2. The molecule has 0 aliphatic heterocycles. The number of quaternary nitrogens is 1. The second kappa shape index (κ2) is 50.9. The molecule has 9 heteroatoms. The predicted molar refractivity (Wildman–Crippen MR) is 282 cm³/mol. The Morgan fingerprint density at radius 3 is 1.00 bits per heavy atom. The molecular formula is C57H116NO7P. The molecule has 0 aromatic rings. The van der Waals surface area contributed by atoms with Gasteiger partial charge in [0.1, 0.15) is 19.3 Å². The number of phosphoric ester groups is 1. The average Bonchev–Trinajstić information content (AvgIpc) is 3.28. The van der Waals surface area contributed by atoms with Gasteiger partial charge in [-0.25, -0.2) is 0 Å². The van der Waals surface area contributed by atoms with Crippen molar-refractivity contribution in [1.29, 1.82) is 0 Å². The van der Waals surface area contributed by atoms with Gasteiger partial charge in [-0.3, -0.25) is 9.36 Å². The lowest BCUT2D eigenvalue weighted by molar-refractivity contribution is -0.870. The first kappa shape index (κ1) is 65.5. The maximum atomic E-state index is 12.8. The van der Waals surface area contributed by atoms with Crippen LogP contribution in [0.5, 0.6) is 0 Å². The Morgan fingerprint density at radius 1 is 0.409 bits per heavy atom. The fourth-order valence-electron chi connectivity index (χ4n) is 8.90. The van der Waals surface area contributed by atoms with E-state index in [2.05, 4.69) is 13.8 Å². The van der Waals surface area contributed by atoms with Crippen molar-refractivity contribution in [3.63, 3.8) is 0 Å². The van der Waals surface area contributed by atoms with Crippen molar-refractivity contribution in [3.05, 3.63) is 0 Å². The van der Waals surface area contributed by atoms with Crippen molar-refractivity contribution in [3.8, 4) is 0 Å². The monoisotopic (exact) mass is 958 g/mol. The van der Waals surface area contributed by atoms with Crippen LogP contribution in [0.2, 0.25) is 0 Å². The molecule has 0 radical (unpaired) electrons. The van der Waals surface area contributed by atoms with E-state index >= 15 is 0 Å². The molecule has 0 aromatic carbocycles. The molecule has 0 amide bonds. The van der Waals surface area contributed by atoms with Crippen LogP contribution in [0, 0.1) is 0 Å². The Kier molecular flexibility index (Phi) is 50.5. The van der Waals surface area contributed by atoms with Crippen molar-refractivity contribution < 1.29 is 37.3 Å². The molecule has 0 N–H and O–H groups in total. The zero-order valence-corrected chi connectivity index (χ0v) is 46.1. The van der Waals surface area contributed by atoms with Crippen LogP contribution in [-0.2, 0) is 27.9 Å². The molecule has 0 aliphatic rings. The lowest BCUT2D eigenvalue weighted by Gasteiger charge is -2.28.